The highest BCUT2D eigenvalue weighted by Crippen LogP contribution is 2.30. The first kappa shape index (κ1) is 17.5. The molecule has 25 heavy (non-hydrogen) atoms. The lowest BCUT2D eigenvalue weighted by atomic mass is 9.97. The smallest absolute Gasteiger partial charge is 0.253 e. The predicted octanol–water partition coefficient (Wildman–Crippen LogP) is 2.94. The first-order valence-corrected chi connectivity index (χ1v) is 9.14. The second kappa shape index (κ2) is 7.74. The third-order valence-electron chi connectivity index (χ3n) is 4.31. The van der Waals surface area contributed by atoms with Gasteiger partial charge in [0.2, 0.25) is 5.91 Å². The van der Waals surface area contributed by atoms with Crippen LogP contribution in [0.3, 0.4) is 0 Å². The number of carbonyl (C=O) groups excluding carboxylic acids is 2. The fourth-order valence-electron chi connectivity index (χ4n) is 2.91. The van der Waals surface area contributed by atoms with Crippen molar-refractivity contribution in [3.63, 3.8) is 0 Å². The van der Waals surface area contributed by atoms with Crippen LogP contribution < -0.4 is 5.32 Å². The van der Waals surface area contributed by atoms with E-state index in [1.165, 1.54) is 31.2 Å². The van der Waals surface area contributed by atoms with Gasteiger partial charge in [0, 0.05) is 36.9 Å². The van der Waals surface area contributed by atoms with E-state index in [-0.39, 0.29) is 17.6 Å². The van der Waals surface area contributed by atoms with Crippen molar-refractivity contribution in [3.05, 3.63) is 51.7 Å². The van der Waals surface area contributed by atoms with Gasteiger partial charge in [-0.1, -0.05) is 0 Å². The summed E-state index contributed by atoms with van der Waals surface area (Å²) in [6.45, 7) is 3.28. The lowest BCUT2D eigenvalue weighted by Gasteiger charge is -2.31. The molecule has 0 bridgehead atoms. The van der Waals surface area contributed by atoms with E-state index in [2.05, 4.69) is 10.3 Å². The Morgan fingerprint density at radius 3 is 2.60 bits per heavy atom. The molecular weight excluding hydrogens is 341 g/mol. The van der Waals surface area contributed by atoms with Crippen molar-refractivity contribution in [1.29, 1.82) is 0 Å². The summed E-state index contributed by atoms with van der Waals surface area (Å²) in [6, 6.07) is 5.68. The molecule has 7 heteroatoms. The number of aromatic nitrogens is 1. The summed E-state index contributed by atoms with van der Waals surface area (Å²) in [4.78, 5) is 29.8. The van der Waals surface area contributed by atoms with Gasteiger partial charge in [-0.15, -0.1) is 11.3 Å². The molecule has 1 aromatic heterocycles. The number of nitrogens with zero attached hydrogens (tertiary/aromatic N) is 2. The molecule has 0 spiro atoms. The number of benzene rings is 1. The van der Waals surface area contributed by atoms with Crippen LogP contribution in [0, 0.1) is 5.82 Å². The number of amides is 2. The van der Waals surface area contributed by atoms with E-state index in [4.69, 9.17) is 0 Å². The van der Waals surface area contributed by atoms with Gasteiger partial charge in [-0.2, -0.15) is 0 Å². The Kier molecular flexibility index (Phi) is 5.43. The number of likely N-dealkylation sites (tertiary alicyclic amines) is 1. The van der Waals surface area contributed by atoms with Crippen LogP contribution in [-0.2, 0) is 11.3 Å². The number of hydrogen-bond donors (Lipinski definition) is 1. The van der Waals surface area contributed by atoms with Crippen molar-refractivity contribution in [2.45, 2.75) is 32.2 Å². The van der Waals surface area contributed by atoms with Crippen molar-refractivity contribution < 1.29 is 14.0 Å². The zero-order chi connectivity index (χ0) is 17.8. The summed E-state index contributed by atoms with van der Waals surface area (Å²) < 4.78 is 13.0. The van der Waals surface area contributed by atoms with E-state index >= 15 is 0 Å². The standard InChI is InChI=1S/C18H20FN3O2S/c1-12(23)20-10-16-11-25-17(21-16)13-6-8-22(9-7-13)18(24)14-2-4-15(19)5-3-14/h2-5,11,13H,6-10H2,1H3,(H,20,23). The van der Waals surface area contributed by atoms with E-state index < -0.39 is 0 Å². The minimum atomic E-state index is -0.339. The lowest BCUT2D eigenvalue weighted by Crippen LogP contribution is -2.37. The van der Waals surface area contributed by atoms with Crippen LogP contribution in [0.1, 0.15) is 46.7 Å². The second-order valence-corrected chi connectivity index (χ2v) is 7.05. The Morgan fingerprint density at radius 2 is 1.96 bits per heavy atom. The van der Waals surface area contributed by atoms with Crippen molar-refractivity contribution in [1.82, 2.24) is 15.2 Å². The molecule has 1 aromatic carbocycles. The molecular formula is C18H20FN3O2S. The maximum atomic E-state index is 13.0. The first-order chi connectivity index (χ1) is 12.0. The quantitative estimate of drug-likeness (QED) is 0.911. The average Bonchev–Trinajstić information content (AvgIpc) is 3.09. The molecule has 1 N–H and O–H groups in total. The molecule has 2 aromatic rings. The van der Waals surface area contributed by atoms with Gasteiger partial charge in [0.1, 0.15) is 5.82 Å². The van der Waals surface area contributed by atoms with Gasteiger partial charge in [-0.25, -0.2) is 9.37 Å². The number of halogens is 1. The Hall–Kier alpha value is -2.28. The molecule has 0 saturated carbocycles. The molecule has 1 aliphatic heterocycles. The van der Waals surface area contributed by atoms with Crippen LogP contribution in [0.4, 0.5) is 4.39 Å². The Bertz CT molecular complexity index is 752. The summed E-state index contributed by atoms with van der Waals surface area (Å²) in [7, 11) is 0. The summed E-state index contributed by atoms with van der Waals surface area (Å²) in [5, 5.41) is 5.79. The van der Waals surface area contributed by atoms with E-state index in [1.807, 2.05) is 10.3 Å². The molecule has 132 valence electrons. The summed E-state index contributed by atoms with van der Waals surface area (Å²) in [5.74, 6) is -0.117. The number of carbonyl (C=O) groups is 2. The van der Waals surface area contributed by atoms with Gasteiger partial charge in [0.15, 0.2) is 0 Å². The molecule has 0 atom stereocenters. The van der Waals surface area contributed by atoms with E-state index in [0.717, 1.165) is 23.5 Å². The Morgan fingerprint density at radius 1 is 1.28 bits per heavy atom. The number of rotatable bonds is 4. The van der Waals surface area contributed by atoms with Gasteiger partial charge >= 0.3 is 0 Å². The third-order valence-corrected chi connectivity index (χ3v) is 5.37. The van der Waals surface area contributed by atoms with Crippen molar-refractivity contribution in [2.24, 2.45) is 0 Å². The topological polar surface area (TPSA) is 62.3 Å². The highest BCUT2D eigenvalue weighted by atomic mass is 32.1. The van der Waals surface area contributed by atoms with Gasteiger partial charge in [0.25, 0.3) is 5.91 Å². The van der Waals surface area contributed by atoms with Crippen molar-refractivity contribution in [3.8, 4) is 0 Å². The van der Waals surface area contributed by atoms with Crippen molar-refractivity contribution in [2.75, 3.05) is 13.1 Å². The molecule has 2 heterocycles. The van der Waals surface area contributed by atoms with Crippen LogP contribution in [0.25, 0.3) is 0 Å². The van der Waals surface area contributed by atoms with Gasteiger partial charge in [0.05, 0.1) is 17.2 Å². The maximum Gasteiger partial charge on any atom is 0.253 e. The molecule has 1 fully saturated rings. The number of hydrogen-bond acceptors (Lipinski definition) is 4. The van der Waals surface area contributed by atoms with Crippen LogP contribution in [0.2, 0.25) is 0 Å². The summed E-state index contributed by atoms with van der Waals surface area (Å²) in [5.41, 5.74) is 1.40. The first-order valence-electron chi connectivity index (χ1n) is 8.26. The number of thiazole rings is 1. The molecule has 0 aliphatic carbocycles. The fourth-order valence-corrected chi connectivity index (χ4v) is 3.90. The van der Waals surface area contributed by atoms with E-state index in [1.54, 1.807) is 11.3 Å². The monoisotopic (exact) mass is 361 g/mol. The molecule has 5 nitrogen and oxygen atoms in total. The molecule has 1 saturated heterocycles. The normalized spacial score (nSPS) is 15.2. The van der Waals surface area contributed by atoms with Gasteiger partial charge in [-0.05, 0) is 37.1 Å². The van der Waals surface area contributed by atoms with Gasteiger partial charge < -0.3 is 10.2 Å². The minimum absolute atomic E-state index is 0.0519. The Balaban J connectivity index is 1.55. The van der Waals surface area contributed by atoms with Crippen molar-refractivity contribution >= 4 is 23.2 Å². The molecule has 0 unspecified atom stereocenters. The number of nitrogens with one attached hydrogen (secondary N) is 1. The second-order valence-electron chi connectivity index (χ2n) is 6.16. The zero-order valence-electron chi connectivity index (χ0n) is 14.0. The van der Waals surface area contributed by atoms with Crippen LogP contribution in [0.15, 0.2) is 29.6 Å². The maximum absolute atomic E-state index is 13.0. The lowest BCUT2D eigenvalue weighted by molar-refractivity contribution is -0.119. The predicted molar refractivity (Wildman–Crippen MR) is 93.9 cm³/mol. The van der Waals surface area contributed by atoms with Crippen LogP contribution in [-0.4, -0.2) is 34.8 Å². The molecule has 2 amide bonds. The Labute approximate surface area is 149 Å². The SMILES string of the molecule is CC(=O)NCc1csc(C2CCN(C(=O)c3ccc(F)cc3)CC2)n1. The molecule has 3 rings (SSSR count). The minimum Gasteiger partial charge on any atom is -0.351 e. The van der Waals surface area contributed by atoms with Crippen LogP contribution in [0.5, 0.6) is 0 Å². The van der Waals surface area contributed by atoms with E-state index in [9.17, 15) is 14.0 Å². The van der Waals surface area contributed by atoms with Crippen LogP contribution >= 0.6 is 11.3 Å². The highest BCUT2D eigenvalue weighted by Gasteiger charge is 2.26. The third kappa shape index (κ3) is 4.42. The summed E-state index contributed by atoms with van der Waals surface area (Å²) >= 11 is 1.61. The fraction of sp³-hybridized carbons (Fsp3) is 0.389. The molecule has 1 aliphatic rings. The number of piperidine rings is 1. The summed E-state index contributed by atoms with van der Waals surface area (Å²) in [6.07, 6.45) is 1.72. The largest absolute Gasteiger partial charge is 0.351 e. The van der Waals surface area contributed by atoms with Gasteiger partial charge in [-0.3, -0.25) is 9.59 Å². The molecule has 0 radical (unpaired) electrons. The highest BCUT2D eigenvalue weighted by molar-refractivity contribution is 7.09. The zero-order valence-corrected chi connectivity index (χ0v) is 14.8. The van der Waals surface area contributed by atoms with E-state index in [0.29, 0.717) is 31.1 Å². The average molecular weight is 361 g/mol.